The van der Waals surface area contributed by atoms with Gasteiger partial charge in [0.15, 0.2) is 6.29 Å². The third kappa shape index (κ3) is 5.44. The molecule has 1 amide bonds. The monoisotopic (exact) mass is 465 g/mol. The molecule has 6 atom stereocenters. The second-order valence-corrected chi connectivity index (χ2v) is 10.9. The molecule has 0 bridgehead atoms. The molecule has 0 aromatic heterocycles. The van der Waals surface area contributed by atoms with Crippen LogP contribution in [-0.2, 0) is 25.2 Å². The van der Waals surface area contributed by atoms with E-state index in [2.05, 4.69) is 19.2 Å². The Morgan fingerprint density at radius 2 is 2.09 bits per heavy atom. The highest BCUT2D eigenvalue weighted by Crippen LogP contribution is 2.49. The Balaban J connectivity index is 1.22. The number of benzene rings is 1. The molecule has 3 fully saturated rings. The lowest BCUT2D eigenvalue weighted by Gasteiger charge is -2.32. The maximum Gasteiger partial charge on any atom is 0.407 e. The Kier molecular flexibility index (Phi) is 7.70. The number of nitrogens with two attached hydrogens (primary N) is 1. The van der Waals surface area contributed by atoms with Gasteiger partial charge in [-0.3, -0.25) is 0 Å². The second-order valence-electron chi connectivity index (χ2n) is 9.42. The summed E-state index contributed by atoms with van der Waals surface area (Å²) in [6.07, 6.45) is 1.91. The van der Waals surface area contributed by atoms with Gasteiger partial charge in [-0.1, -0.05) is 13.8 Å². The van der Waals surface area contributed by atoms with Gasteiger partial charge in [-0.2, -0.15) is 0 Å². The summed E-state index contributed by atoms with van der Waals surface area (Å²) in [5, 5.41) is 2.88. The van der Waals surface area contributed by atoms with E-state index in [9.17, 15) is 9.00 Å². The minimum Gasteiger partial charge on any atom is -0.446 e. The van der Waals surface area contributed by atoms with E-state index in [-0.39, 0.29) is 18.5 Å². The highest BCUT2D eigenvalue weighted by atomic mass is 32.2. The van der Waals surface area contributed by atoms with Gasteiger partial charge in [0.05, 0.1) is 18.1 Å². The highest BCUT2D eigenvalue weighted by Gasteiger charge is 2.54. The molecular formula is C23H35N3O5S. The molecule has 8 nitrogen and oxygen atoms in total. The lowest BCUT2D eigenvalue weighted by atomic mass is 9.87. The van der Waals surface area contributed by atoms with E-state index in [0.717, 1.165) is 17.7 Å². The van der Waals surface area contributed by atoms with Crippen molar-refractivity contribution in [1.29, 1.82) is 0 Å². The number of hydrogen-bond donors (Lipinski definition) is 2. The number of alkyl carbamates (subject to hydrolysis) is 1. The first-order valence-corrected chi connectivity index (χ1v) is 12.7. The van der Waals surface area contributed by atoms with Crippen LogP contribution in [0.15, 0.2) is 29.2 Å². The topological polar surface area (TPSA) is 103 Å². The molecule has 0 spiro atoms. The van der Waals surface area contributed by atoms with Crippen LogP contribution in [0.4, 0.5) is 10.5 Å². The summed E-state index contributed by atoms with van der Waals surface area (Å²) in [5.41, 5.74) is 6.40. The quantitative estimate of drug-likeness (QED) is 0.429. The molecule has 4 rings (SSSR count). The maximum absolute atomic E-state index is 13.0. The van der Waals surface area contributed by atoms with Crippen molar-refractivity contribution < 1.29 is 23.2 Å². The summed E-state index contributed by atoms with van der Waals surface area (Å²) in [4.78, 5) is 13.1. The molecule has 1 aromatic rings. The standard InChI is InChI=1S/C23H35N3O5S/c1-15(2)13-26(32(28)18-6-4-17(24)5-7-18)10-3-9-25-23(27)31-20-12-16-14-30-22-21(16)19(20)8-11-29-22/h4-7,15-16,19-22H,3,8-14,24H2,1-2H3,(H,25,27)/t16-,19?,20?,21?,22?,32?/m0/s1. The first-order valence-electron chi connectivity index (χ1n) is 11.6. The van der Waals surface area contributed by atoms with Crippen molar-refractivity contribution in [2.75, 3.05) is 38.6 Å². The predicted molar refractivity (Wildman–Crippen MR) is 122 cm³/mol. The van der Waals surface area contributed by atoms with Crippen LogP contribution in [0.2, 0.25) is 0 Å². The SMILES string of the molecule is CC(C)CN(CCCNC(=O)OC1C[C@H]2COC3OCCC1C32)S(=O)c1ccc(N)cc1. The lowest BCUT2D eigenvalue weighted by Crippen LogP contribution is -2.39. The molecule has 2 heterocycles. The van der Waals surface area contributed by atoms with Gasteiger partial charge in [-0.05, 0) is 55.4 Å². The number of amides is 1. The van der Waals surface area contributed by atoms with Gasteiger partial charge in [0, 0.05) is 37.2 Å². The van der Waals surface area contributed by atoms with Crippen molar-refractivity contribution in [3.8, 4) is 0 Å². The number of nitrogens with one attached hydrogen (secondary N) is 1. The van der Waals surface area contributed by atoms with Gasteiger partial charge >= 0.3 is 6.09 Å². The smallest absolute Gasteiger partial charge is 0.407 e. The molecule has 1 aliphatic carbocycles. The van der Waals surface area contributed by atoms with Crippen molar-refractivity contribution in [1.82, 2.24) is 9.62 Å². The third-order valence-electron chi connectivity index (χ3n) is 6.57. The Morgan fingerprint density at radius 1 is 1.31 bits per heavy atom. The zero-order valence-corrected chi connectivity index (χ0v) is 19.7. The van der Waals surface area contributed by atoms with Gasteiger partial charge in [0.25, 0.3) is 0 Å². The first-order chi connectivity index (χ1) is 15.4. The van der Waals surface area contributed by atoms with E-state index >= 15 is 0 Å². The van der Waals surface area contributed by atoms with Crippen LogP contribution in [0.5, 0.6) is 0 Å². The fourth-order valence-electron chi connectivity index (χ4n) is 5.16. The molecule has 178 valence electrons. The molecule has 1 aromatic carbocycles. The van der Waals surface area contributed by atoms with Crippen LogP contribution in [0.3, 0.4) is 0 Å². The normalized spacial score (nSPS) is 29.8. The summed E-state index contributed by atoms with van der Waals surface area (Å²) < 4.78 is 32.2. The van der Waals surface area contributed by atoms with Crippen LogP contribution in [-0.4, -0.2) is 59.8 Å². The van der Waals surface area contributed by atoms with Gasteiger partial charge in [0.1, 0.15) is 17.1 Å². The molecule has 3 aliphatic rings. The summed E-state index contributed by atoms with van der Waals surface area (Å²) in [5.74, 6) is 1.49. The van der Waals surface area contributed by atoms with E-state index < -0.39 is 11.0 Å². The second kappa shape index (κ2) is 10.5. The van der Waals surface area contributed by atoms with E-state index in [1.165, 1.54) is 0 Å². The summed E-state index contributed by atoms with van der Waals surface area (Å²) >= 11 is 0. The third-order valence-corrected chi connectivity index (χ3v) is 8.05. The molecule has 3 N–H and O–H groups in total. The average Bonchev–Trinajstić information content (AvgIpc) is 3.34. The molecule has 1 saturated carbocycles. The highest BCUT2D eigenvalue weighted by molar-refractivity contribution is 7.82. The fourth-order valence-corrected chi connectivity index (χ4v) is 6.56. The minimum atomic E-state index is -1.26. The number of nitrogen functional groups attached to an aromatic ring is 1. The van der Waals surface area contributed by atoms with Crippen molar-refractivity contribution in [3.63, 3.8) is 0 Å². The average molecular weight is 466 g/mol. The van der Waals surface area contributed by atoms with Crippen LogP contribution < -0.4 is 11.1 Å². The summed E-state index contributed by atoms with van der Waals surface area (Å²) in [7, 11) is -1.26. The van der Waals surface area contributed by atoms with E-state index in [1.54, 1.807) is 24.3 Å². The number of nitrogens with zero attached hydrogens (tertiary/aromatic N) is 1. The van der Waals surface area contributed by atoms with Crippen LogP contribution in [0.25, 0.3) is 0 Å². The van der Waals surface area contributed by atoms with E-state index in [1.807, 2.05) is 4.31 Å². The number of carbonyl (C=O) groups excluding carboxylic acids is 1. The zero-order valence-electron chi connectivity index (χ0n) is 18.9. The number of carbonyl (C=O) groups is 1. The lowest BCUT2D eigenvalue weighted by molar-refractivity contribution is -0.173. The molecule has 32 heavy (non-hydrogen) atoms. The number of ether oxygens (including phenoxy) is 3. The molecule has 5 unspecified atom stereocenters. The summed E-state index contributed by atoms with van der Waals surface area (Å²) in [6.45, 7) is 7.37. The zero-order chi connectivity index (χ0) is 22.7. The van der Waals surface area contributed by atoms with E-state index in [4.69, 9.17) is 19.9 Å². The Labute approximate surface area is 192 Å². The molecule has 0 radical (unpaired) electrons. The van der Waals surface area contributed by atoms with Gasteiger partial charge in [0.2, 0.25) is 0 Å². The van der Waals surface area contributed by atoms with E-state index in [0.29, 0.717) is 68.6 Å². The minimum absolute atomic E-state index is 0.0595. The molecular weight excluding hydrogens is 430 g/mol. The van der Waals surface area contributed by atoms with Gasteiger partial charge in [-0.15, -0.1) is 0 Å². The van der Waals surface area contributed by atoms with Crippen molar-refractivity contribution >= 4 is 22.8 Å². The molecule has 2 aliphatic heterocycles. The van der Waals surface area contributed by atoms with Crippen molar-refractivity contribution in [2.45, 2.75) is 50.4 Å². The van der Waals surface area contributed by atoms with Crippen LogP contribution in [0.1, 0.15) is 33.1 Å². The Hall–Kier alpha value is -1.68. The Bertz CT molecular complexity index is 803. The maximum atomic E-state index is 13.0. The van der Waals surface area contributed by atoms with Crippen LogP contribution >= 0.6 is 0 Å². The van der Waals surface area contributed by atoms with Gasteiger partial charge in [-0.25, -0.2) is 13.3 Å². The first kappa shape index (κ1) is 23.5. The Morgan fingerprint density at radius 3 is 2.84 bits per heavy atom. The fraction of sp³-hybridized carbons (Fsp3) is 0.696. The predicted octanol–water partition coefficient (Wildman–Crippen LogP) is 2.76. The summed E-state index contributed by atoms with van der Waals surface area (Å²) in [6, 6.07) is 7.14. The number of rotatable bonds is 9. The molecule has 2 saturated heterocycles. The van der Waals surface area contributed by atoms with Crippen LogP contribution in [0, 0.1) is 23.7 Å². The van der Waals surface area contributed by atoms with Gasteiger partial charge < -0.3 is 25.3 Å². The number of anilines is 1. The number of hydrogen-bond acceptors (Lipinski definition) is 6. The van der Waals surface area contributed by atoms with Crippen molar-refractivity contribution in [3.05, 3.63) is 24.3 Å². The largest absolute Gasteiger partial charge is 0.446 e. The molecule has 9 heteroatoms. The van der Waals surface area contributed by atoms with Crippen molar-refractivity contribution in [2.24, 2.45) is 23.7 Å².